The smallest absolute Gasteiger partial charge is 0.330 e. The van der Waals surface area contributed by atoms with Gasteiger partial charge in [-0.1, -0.05) is 20.8 Å². The third-order valence-corrected chi connectivity index (χ3v) is 3.64. The molecule has 0 spiro atoms. The summed E-state index contributed by atoms with van der Waals surface area (Å²) in [5.41, 5.74) is -0.184. The van der Waals surface area contributed by atoms with Gasteiger partial charge in [0.05, 0.1) is 6.61 Å². The van der Waals surface area contributed by atoms with E-state index in [4.69, 9.17) is 0 Å². The molecule has 1 unspecified atom stereocenters. The highest BCUT2D eigenvalue weighted by Gasteiger charge is 2.28. The quantitative estimate of drug-likeness (QED) is 0.839. The molecule has 0 saturated carbocycles. The van der Waals surface area contributed by atoms with Gasteiger partial charge in [0.15, 0.2) is 0 Å². The van der Waals surface area contributed by atoms with Crippen LogP contribution in [-0.2, 0) is 20.6 Å². The van der Waals surface area contributed by atoms with Crippen LogP contribution in [0.2, 0.25) is 0 Å². The van der Waals surface area contributed by atoms with Crippen molar-refractivity contribution in [3.8, 4) is 0 Å². The predicted octanol–water partition coefficient (Wildman–Crippen LogP) is -0.0772. The molecule has 1 rings (SSSR count). The molecule has 1 N–H and O–H groups in total. The molecule has 114 valence electrons. The monoisotopic (exact) mass is 283 g/mol. The van der Waals surface area contributed by atoms with Gasteiger partial charge in [-0.15, -0.1) is 0 Å². The second-order valence-corrected chi connectivity index (χ2v) is 6.39. The van der Waals surface area contributed by atoms with Crippen LogP contribution in [0.3, 0.4) is 0 Å². The predicted molar refractivity (Wildman–Crippen MR) is 78.7 cm³/mol. The maximum Gasteiger partial charge on any atom is 0.330 e. The lowest BCUT2D eigenvalue weighted by molar-refractivity contribution is 0.0609. The van der Waals surface area contributed by atoms with Gasteiger partial charge in [0.25, 0.3) is 5.56 Å². The fourth-order valence-electron chi connectivity index (χ4n) is 2.44. The number of likely N-dealkylation sites (N-methyl/N-ethyl adjacent to an activating group) is 1. The number of hydrogen-bond donors (Lipinski definition) is 1. The summed E-state index contributed by atoms with van der Waals surface area (Å²) in [7, 11) is 4.97. The van der Waals surface area contributed by atoms with Gasteiger partial charge in [0.2, 0.25) is 0 Å². The average molecular weight is 283 g/mol. The molecule has 0 aliphatic rings. The molecule has 0 aromatic carbocycles. The van der Waals surface area contributed by atoms with Gasteiger partial charge in [-0.3, -0.25) is 14.3 Å². The first-order valence-electron chi connectivity index (χ1n) is 6.66. The van der Waals surface area contributed by atoms with Gasteiger partial charge in [-0.2, -0.15) is 0 Å². The van der Waals surface area contributed by atoms with Gasteiger partial charge in [-0.05, 0) is 12.5 Å². The van der Waals surface area contributed by atoms with Crippen molar-refractivity contribution in [1.29, 1.82) is 0 Å². The Hall–Kier alpha value is -1.40. The lowest BCUT2D eigenvalue weighted by Crippen LogP contribution is -2.46. The SMILES string of the molecule is CN(Cc1cn(C)c(=O)n(C)c1=O)C(CO)C(C)(C)C. The Morgan fingerprint density at radius 3 is 2.30 bits per heavy atom. The number of aromatic nitrogens is 2. The van der Waals surface area contributed by atoms with E-state index >= 15 is 0 Å². The van der Waals surface area contributed by atoms with Crippen molar-refractivity contribution in [1.82, 2.24) is 14.0 Å². The molecular weight excluding hydrogens is 258 g/mol. The van der Waals surface area contributed by atoms with E-state index in [2.05, 4.69) is 0 Å². The van der Waals surface area contributed by atoms with Crippen LogP contribution >= 0.6 is 0 Å². The van der Waals surface area contributed by atoms with Gasteiger partial charge in [-0.25, -0.2) is 4.79 Å². The van der Waals surface area contributed by atoms with Crippen molar-refractivity contribution in [2.24, 2.45) is 19.5 Å². The minimum atomic E-state index is -0.337. The topological polar surface area (TPSA) is 67.5 Å². The van der Waals surface area contributed by atoms with E-state index in [0.717, 1.165) is 4.57 Å². The maximum absolute atomic E-state index is 12.1. The van der Waals surface area contributed by atoms with Crippen molar-refractivity contribution < 1.29 is 5.11 Å². The first kappa shape index (κ1) is 16.7. The van der Waals surface area contributed by atoms with Crippen LogP contribution in [0.15, 0.2) is 15.8 Å². The number of aliphatic hydroxyl groups is 1. The normalized spacial score (nSPS) is 13.8. The number of aryl methyl sites for hydroxylation is 1. The Kier molecular flexibility index (Phi) is 4.94. The molecule has 1 heterocycles. The lowest BCUT2D eigenvalue weighted by Gasteiger charge is -2.36. The largest absolute Gasteiger partial charge is 0.395 e. The molecule has 0 aliphatic heterocycles. The van der Waals surface area contributed by atoms with E-state index in [-0.39, 0.29) is 29.3 Å². The third kappa shape index (κ3) is 3.37. The van der Waals surface area contributed by atoms with Crippen LogP contribution in [-0.4, -0.2) is 38.8 Å². The molecule has 6 heteroatoms. The van der Waals surface area contributed by atoms with Crippen LogP contribution in [0.4, 0.5) is 0 Å². The molecule has 1 atom stereocenters. The molecule has 1 aromatic heterocycles. The van der Waals surface area contributed by atoms with Crippen molar-refractivity contribution >= 4 is 0 Å². The van der Waals surface area contributed by atoms with E-state index in [1.54, 1.807) is 13.2 Å². The Labute approximate surface area is 119 Å². The minimum Gasteiger partial charge on any atom is -0.395 e. The van der Waals surface area contributed by atoms with Crippen LogP contribution < -0.4 is 11.2 Å². The summed E-state index contributed by atoms with van der Waals surface area (Å²) in [5.74, 6) is 0. The Balaban J connectivity index is 3.11. The zero-order chi connectivity index (χ0) is 15.7. The standard InChI is InChI=1S/C14H25N3O3/c1-14(2,3)11(9-18)15(4)7-10-8-16(5)13(20)17(6)12(10)19/h8,11,18H,7,9H2,1-6H3. The first-order chi connectivity index (χ1) is 9.09. The van der Waals surface area contributed by atoms with Gasteiger partial charge in [0, 0.05) is 38.4 Å². The Morgan fingerprint density at radius 2 is 1.85 bits per heavy atom. The number of nitrogens with zero attached hydrogens (tertiary/aromatic N) is 3. The molecular formula is C14H25N3O3. The van der Waals surface area contributed by atoms with Crippen molar-refractivity contribution in [2.45, 2.75) is 33.4 Å². The van der Waals surface area contributed by atoms with E-state index in [1.807, 2.05) is 32.7 Å². The molecule has 6 nitrogen and oxygen atoms in total. The fourth-order valence-corrected chi connectivity index (χ4v) is 2.44. The lowest BCUT2D eigenvalue weighted by atomic mass is 9.86. The zero-order valence-corrected chi connectivity index (χ0v) is 13.2. The van der Waals surface area contributed by atoms with Crippen LogP contribution in [0, 0.1) is 5.41 Å². The Bertz CT molecular complexity index is 581. The highest BCUT2D eigenvalue weighted by Crippen LogP contribution is 2.23. The first-order valence-corrected chi connectivity index (χ1v) is 6.66. The van der Waals surface area contributed by atoms with Crippen LogP contribution in [0.5, 0.6) is 0 Å². The number of rotatable bonds is 4. The van der Waals surface area contributed by atoms with E-state index in [9.17, 15) is 14.7 Å². The number of hydrogen-bond acceptors (Lipinski definition) is 4. The maximum atomic E-state index is 12.1. The fraction of sp³-hybridized carbons (Fsp3) is 0.714. The highest BCUT2D eigenvalue weighted by molar-refractivity contribution is 5.06. The summed E-state index contributed by atoms with van der Waals surface area (Å²) in [6.07, 6.45) is 1.57. The van der Waals surface area contributed by atoms with Gasteiger partial charge in [0.1, 0.15) is 0 Å². The number of aliphatic hydroxyl groups excluding tert-OH is 1. The second kappa shape index (κ2) is 5.93. The molecule has 0 amide bonds. The summed E-state index contributed by atoms with van der Waals surface area (Å²) < 4.78 is 2.50. The minimum absolute atomic E-state index is 0.0199. The molecule has 1 aromatic rings. The van der Waals surface area contributed by atoms with Gasteiger partial charge < -0.3 is 9.67 Å². The molecule has 0 radical (unpaired) electrons. The van der Waals surface area contributed by atoms with Gasteiger partial charge >= 0.3 is 5.69 Å². The van der Waals surface area contributed by atoms with Crippen molar-refractivity contribution in [2.75, 3.05) is 13.7 Å². The summed E-state index contributed by atoms with van der Waals surface area (Å²) in [6, 6.07) is -0.0653. The molecule has 0 aliphatic carbocycles. The van der Waals surface area contributed by atoms with Crippen molar-refractivity contribution in [3.05, 3.63) is 32.6 Å². The average Bonchev–Trinajstić information content (AvgIpc) is 2.32. The highest BCUT2D eigenvalue weighted by atomic mass is 16.3. The van der Waals surface area contributed by atoms with E-state index < -0.39 is 0 Å². The summed E-state index contributed by atoms with van der Waals surface area (Å²) in [5, 5.41) is 9.55. The third-order valence-electron chi connectivity index (χ3n) is 3.64. The van der Waals surface area contributed by atoms with Crippen LogP contribution in [0.1, 0.15) is 26.3 Å². The van der Waals surface area contributed by atoms with E-state index in [0.29, 0.717) is 12.1 Å². The second-order valence-electron chi connectivity index (χ2n) is 6.39. The zero-order valence-electron chi connectivity index (χ0n) is 13.2. The van der Waals surface area contributed by atoms with Crippen LogP contribution in [0.25, 0.3) is 0 Å². The molecule has 20 heavy (non-hydrogen) atoms. The molecule has 0 saturated heterocycles. The summed E-state index contributed by atoms with van der Waals surface area (Å²) in [4.78, 5) is 25.7. The van der Waals surface area contributed by atoms with E-state index in [1.165, 1.54) is 11.6 Å². The Morgan fingerprint density at radius 1 is 1.30 bits per heavy atom. The summed E-state index contributed by atoms with van der Waals surface area (Å²) >= 11 is 0. The van der Waals surface area contributed by atoms with Crippen molar-refractivity contribution in [3.63, 3.8) is 0 Å². The summed E-state index contributed by atoms with van der Waals surface area (Å²) in [6.45, 7) is 6.55. The molecule has 0 fully saturated rings. The molecule has 0 bridgehead atoms.